The monoisotopic (exact) mass is 267 g/mol. The summed E-state index contributed by atoms with van der Waals surface area (Å²) in [6, 6.07) is 3.39. The van der Waals surface area contributed by atoms with E-state index in [0.29, 0.717) is 0 Å². The van der Waals surface area contributed by atoms with Crippen LogP contribution in [-0.2, 0) is 4.74 Å². The van der Waals surface area contributed by atoms with E-state index in [1.165, 1.54) is 12.1 Å². The van der Waals surface area contributed by atoms with E-state index >= 15 is 0 Å². The number of carbonyl (C=O) groups excluding carboxylic acids is 1. The normalized spacial score (nSPS) is 10.3. The molecule has 0 aliphatic heterocycles. The average Bonchev–Trinajstić information content (AvgIpc) is 2.41. The number of hydrogen-bond acceptors (Lipinski definition) is 3. The largest absolute Gasteiger partial charge is 0.465 e. The van der Waals surface area contributed by atoms with Crippen LogP contribution in [0.4, 0.5) is 13.2 Å². The van der Waals surface area contributed by atoms with Crippen LogP contribution in [0.25, 0.3) is 11.1 Å². The lowest BCUT2D eigenvalue weighted by molar-refractivity contribution is 0.0596. The topological polar surface area (TPSA) is 39.2 Å². The third-order valence-electron chi connectivity index (χ3n) is 2.53. The first-order valence-electron chi connectivity index (χ1n) is 5.22. The summed E-state index contributed by atoms with van der Waals surface area (Å²) in [5, 5.41) is 0. The second kappa shape index (κ2) is 5.09. The molecule has 6 heteroatoms. The van der Waals surface area contributed by atoms with Crippen LogP contribution in [0, 0.1) is 17.5 Å². The zero-order chi connectivity index (χ0) is 14.0. The van der Waals surface area contributed by atoms with Gasteiger partial charge in [0, 0.05) is 17.3 Å². The van der Waals surface area contributed by atoms with Crippen LogP contribution in [-0.4, -0.2) is 18.1 Å². The number of aromatic nitrogens is 1. The number of methoxy groups -OCH3 is 1. The molecule has 0 saturated carbocycles. The molecule has 0 spiro atoms. The van der Waals surface area contributed by atoms with E-state index in [9.17, 15) is 18.0 Å². The molecule has 98 valence electrons. The lowest BCUT2D eigenvalue weighted by Gasteiger charge is -2.09. The standard InChI is InChI=1S/C13H8F3NO2/c1-19-13(18)11-8(5-17-6-10(11)15)7-3-2-4-9(14)12(7)16/h2-6H,1H3. The summed E-state index contributed by atoms with van der Waals surface area (Å²) in [4.78, 5) is 15.1. The number of halogens is 3. The zero-order valence-electron chi connectivity index (χ0n) is 9.78. The van der Waals surface area contributed by atoms with E-state index in [1.807, 2.05) is 0 Å². The van der Waals surface area contributed by atoms with Crippen LogP contribution in [0.5, 0.6) is 0 Å². The van der Waals surface area contributed by atoms with Crippen LogP contribution in [0.3, 0.4) is 0 Å². The smallest absolute Gasteiger partial charge is 0.341 e. The summed E-state index contributed by atoms with van der Waals surface area (Å²) in [5.41, 5.74) is -0.904. The third-order valence-corrected chi connectivity index (χ3v) is 2.53. The molecule has 0 amide bonds. The fourth-order valence-electron chi connectivity index (χ4n) is 1.66. The van der Waals surface area contributed by atoms with Gasteiger partial charge in [-0.25, -0.2) is 18.0 Å². The molecule has 1 aromatic heterocycles. The first-order valence-corrected chi connectivity index (χ1v) is 5.22. The van der Waals surface area contributed by atoms with Crippen LogP contribution >= 0.6 is 0 Å². The Bertz CT molecular complexity index is 644. The summed E-state index contributed by atoms with van der Waals surface area (Å²) in [5.74, 6) is -4.23. The van der Waals surface area contributed by atoms with Crippen LogP contribution in [0.1, 0.15) is 10.4 Å². The summed E-state index contributed by atoms with van der Waals surface area (Å²) < 4.78 is 44.9. The summed E-state index contributed by atoms with van der Waals surface area (Å²) >= 11 is 0. The first kappa shape index (κ1) is 13.1. The molecule has 0 aliphatic rings. The van der Waals surface area contributed by atoms with Gasteiger partial charge in [0.2, 0.25) is 0 Å². The van der Waals surface area contributed by atoms with Gasteiger partial charge >= 0.3 is 5.97 Å². The maximum absolute atomic E-state index is 13.7. The molecule has 0 fully saturated rings. The van der Waals surface area contributed by atoms with Gasteiger partial charge in [-0.1, -0.05) is 12.1 Å². The van der Waals surface area contributed by atoms with E-state index in [4.69, 9.17) is 0 Å². The average molecular weight is 267 g/mol. The van der Waals surface area contributed by atoms with Crippen molar-refractivity contribution in [2.45, 2.75) is 0 Å². The quantitative estimate of drug-likeness (QED) is 0.785. The summed E-state index contributed by atoms with van der Waals surface area (Å²) in [7, 11) is 1.06. The summed E-state index contributed by atoms with van der Waals surface area (Å²) in [6.07, 6.45) is 1.88. The maximum Gasteiger partial charge on any atom is 0.341 e. The van der Waals surface area contributed by atoms with Crippen molar-refractivity contribution in [1.29, 1.82) is 0 Å². The molecule has 1 heterocycles. The number of hydrogen-bond donors (Lipinski definition) is 0. The van der Waals surface area contributed by atoms with E-state index < -0.39 is 29.0 Å². The molecular weight excluding hydrogens is 259 g/mol. The highest BCUT2D eigenvalue weighted by Gasteiger charge is 2.22. The SMILES string of the molecule is COC(=O)c1c(F)cncc1-c1cccc(F)c1F. The molecule has 0 bridgehead atoms. The van der Waals surface area contributed by atoms with Crippen molar-refractivity contribution < 1.29 is 22.7 Å². The Morgan fingerprint density at radius 3 is 2.53 bits per heavy atom. The molecule has 0 radical (unpaired) electrons. The van der Waals surface area contributed by atoms with E-state index in [-0.39, 0.29) is 11.1 Å². The van der Waals surface area contributed by atoms with Gasteiger partial charge in [0.25, 0.3) is 0 Å². The molecule has 0 unspecified atom stereocenters. The highest BCUT2D eigenvalue weighted by atomic mass is 19.2. The highest BCUT2D eigenvalue weighted by Crippen LogP contribution is 2.28. The molecule has 0 N–H and O–H groups in total. The molecular formula is C13H8F3NO2. The van der Waals surface area contributed by atoms with Crippen molar-refractivity contribution in [3.63, 3.8) is 0 Å². The number of pyridine rings is 1. The van der Waals surface area contributed by atoms with E-state index in [0.717, 1.165) is 25.6 Å². The second-order valence-corrected chi connectivity index (χ2v) is 3.64. The minimum absolute atomic E-state index is 0.163. The number of carbonyl (C=O) groups is 1. The minimum atomic E-state index is -1.18. The lowest BCUT2D eigenvalue weighted by atomic mass is 10.0. The Labute approximate surface area is 106 Å². The molecule has 0 aliphatic carbocycles. The van der Waals surface area contributed by atoms with Gasteiger partial charge in [-0.15, -0.1) is 0 Å². The Kier molecular flexibility index (Phi) is 3.50. The molecule has 2 aromatic rings. The number of nitrogens with zero attached hydrogens (tertiary/aromatic N) is 1. The van der Waals surface area contributed by atoms with Gasteiger partial charge in [-0.3, -0.25) is 4.98 Å². The van der Waals surface area contributed by atoms with Crippen molar-refractivity contribution in [2.24, 2.45) is 0 Å². The molecule has 1 aromatic carbocycles. The molecule has 0 saturated heterocycles. The molecule has 3 nitrogen and oxygen atoms in total. The number of ether oxygens (including phenoxy) is 1. The van der Waals surface area contributed by atoms with Crippen LogP contribution in [0.2, 0.25) is 0 Å². The Morgan fingerprint density at radius 2 is 1.84 bits per heavy atom. The number of rotatable bonds is 2. The lowest BCUT2D eigenvalue weighted by Crippen LogP contribution is -2.08. The summed E-state index contributed by atoms with van der Waals surface area (Å²) in [6.45, 7) is 0. The zero-order valence-corrected chi connectivity index (χ0v) is 9.78. The van der Waals surface area contributed by atoms with Crippen molar-refractivity contribution in [3.8, 4) is 11.1 Å². The minimum Gasteiger partial charge on any atom is -0.465 e. The van der Waals surface area contributed by atoms with Gasteiger partial charge < -0.3 is 4.74 Å². The van der Waals surface area contributed by atoms with Crippen LogP contribution < -0.4 is 0 Å². The van der Waals surface area contributed by atoms with Gasteiger partial charge in [-0.05, 0) is 6.07 Å². The predicted octanol–water partition coefficient (Wildman–Crippen LogP) is 2.95. The Balaban J connectivity index is 2.72. The van der Waals surface area contributed by atoms with Gasteiger partial charge in [0.1, 0.15) is 5.56 Å². The van der Waals surface area contributed by atoms with Gasteiger partial charge in [-0.2, -0.15) is 0 Å². The van der Waals surface area contributed by atoms with E-state index in [1.54, 1.807) is 0 Å². The molecule has 19 heavy (non-hydrogen) atoms. The van der Waals surface area contributed by atoms with Crippen LogP contribution in [0.15, 0.2) is 30.6 Å². The second-order valence-electron chi connectivity index (χ2n) is 3.64. The third kappa shape index (κ3) is 2.29. The predicted molar refractivity (Wildman–Crippen MR) is 60.9 cm³/mol. The Hall–Kier alpha value is -2.37. The maximum atomic E-state index is 13.7. The van der Waals surface area contributed by atoms with Crippen molar-refractivity contribution in [3.05, 3.63) is 53.6 Å². The fourth-order valence-corrected chi connectivity index (χ4v) is 1.66. The Morgan fingerprint density at radius 1 is 1.11 bits per heavy atom. The van der Waals surface area contributed by atoms with Gasteiger partial charge in [0.05, 0.1) is 13.3 Å². The van der Waals surface area contributed by atoms with Crippen molar-refractivity contribution in [1.82, 2.24) is 4.98 Å². The molecule has 2 rings (SSSR count). The van der Waals surface area contributed by atoms with E-state index in [2.05, 4.69) is 9.72 Å². The molecule has 0 atom stereocenters. The number of esters is 1. The fraction of sp³-hybridized carbons (Fsp3) is 0.0769. The highest BCUT2D eigenvalue weighted by molar-refractivity contribution is 5.97. The first-order chi connectivity index (χ1) is 9.06. The van der Waals surface area contributed by atoms with Gasteiger partial charge in [0.15, 0.2) is 17.5 Å². The van der Waals surface area contributed by atoms with Crippen molar-refractivity contribution >= 4 is 5.97 Å². The number of benzene rings is 1. The van der Waals surface area contributed by atoms with Crippen molar-refractivity contribution in [2.75, 3.05) is 7.11 Å².